The summed E-state index contributed by atoms with van der Waals surface area (Å²) in [7, 11) is 0. The Kier molecular flexibility index (Phi) is 6.17. The van der Waals surface area contributed by atoms with Gasteiger partial charge < -0.3 is 10.4 Å². The van der Waals surface area contributed by atoms with Crippen LogP contribution in [0.2, 0.25) is 0 Å². The van der Waals surface area contributed by atoms with Gasteiger partial charge in [-0.15, -0.1) is 0 Å². The maximum atomic E-state index is 12.9. The van der Waals surface area contributed by atoms with E-state index in [-0.39, 0.29) is 11.8 Å². The van der Waals surface area contributed by atoms with Crippen molar-refractivity contribution in [3.8, 4) is 5.82 Å². The summed E-state index contributed by atoms with van der Waals surface area (Å²) in [6, 6.07) is 11.6. The standard InChI is InChI=1S/C26H29N7O2/c1-17-10-21(13-22-12-18(2)31-32-22)30-23(11-17)26(35)7-6-20(14-26)25(34)28-16-19-4-5-24(27-15-19)33-9-3-8-29-33/h3-5,8-12,15,20,35H,6-7,13-14,16H2,1-2H3,(H,28,34)(H,31,32)/t20-,26-/m1/s1. The SMILES string of the molecule is Cc1cc(Cc2cc(C)[nH]n2)nc([C@@]2(O)CC[C@@H](C(=O)NCc3ccc(-n4cccn4)nc3)C2)c1. The highest BCUT2D eigenvalue weighted by Crippen LogP contribution is 2.41. The van der Waals surface area contributed by atoms with Gasteiger partial charge in [0.15, 0.2) is 5.82 Å². The summed E-state index contributed by atoms with van der Waals surface area (Å²) in [5, 5.41) is 25.8. The molecule has 1 aliphatic rings. The molecule has 35 heavy (non-hydrogen) atoms. The van der Waals surface area contributed by atoms with E-state index in [0.717, 1.165) is 34.0 Å². The van der Waals surface area contributed by atoms with E-state index < -0.39 is 5.60 Å². The van der Waals surface area contributed by atoms with Crippen molar-refractivity contribution in [1.82, 2.24) is 35.3 Å². The quantitative estimate of drug-likeness (QED) is 0.381. The van der Waals surface area contributed by atoms with Gasteiger partial charge in [-0.2, -0.15) is 10.2 Å². The largest absolute Gasteiger partial charge is 0.384 e. The molecule has 0 aliphatic heterocycles. The molecule has 9 heteroatoms. The minimum absolute atomic E-state index is 0.0584. The third-order valence-corrected chi connectivity index (χ3v) is 6.50. The van der Waals surface area contributed by atoms with Crippen molar-refractivity contribution in [3.63, 3.8) is 0 Å². The molecule has 1 amide bonds. The first kappa shape index (κ1) is 22.9. The zero-order valence-electron chi connectivity index (χ0n) is 19.9. The van der Waals surface area contributed by atoms with Crippen LogP contribution >= 0.6 is 0 Å². The first-order valence-electron chi connectivity index (χ1n) is 11.8. The average Bonchev–Trinajstić information content (AvgIpc) is 3.60. The monoisotopic (exact) mass is 471 g/mol. The average molecular weight is 472 g/mol. The maximum Gasteiger partial charge on any atom is 0.223 e. The highest BCUT2D eigenvalue weighted by molar-refractivity contribution is 5.79. The van der Waals surface area contributed by atoms with Crippen molar-refractivity contribution < 1.29 is 9.90 Å². The smallest absolute Gasteiger partial charge is 0.223 e. The zero-order valence-corrected chi connectivity index (χ0v) is 19.9. The minimum atomic E-state index is -1.11. The second kappa shape index (κ2) is 9.42. The first-order chi connectivity index (χ1) is 16.9. The van der Waals surface area contributed by atoms with Crippen LogP contribution in [0.15, 0.2) is 55.0 Å². The topological polar surface area (TPSA) is 122 Å². The van der Waals surface area contributed by atoms with Gasteiger partial charge in [0.05, 0.1) is 11.4 Å². The van der Waals surface area contributed by atoms with E-state index in [1.807, 2.05) is 56.4 Å². The van der Waals surface area contributed by atoms with Crippen molar-refractivity contribution in [1.29, 1.82) is 0 Å². The summed E-state index contributed by atoms with van der Waals surface area (Å²) in [6.45, 7) is 4.35. The zero-order chi connectivity index (χ0) is 24.4. The molecule has 0 saturated heterocycles. The number of carbonyl (C=O) groups is 1. The van der Waals surface area contributed by atoms with Crippen LogP contribution in [0.1, 0.15) is 53.2 Å². The van der Waals surface area contributed by atoms with Gasteiger partial charge in [0.2, 0.25) is 5.91 Å². The first-order valence-corrected chi connectivity index (χ1v) is 11.8. The number of aryl methyl sites for hydroxylation is 2. The molecule has 9 nitrogen and oxygen atoms in total. The van der Waals surface area contributed by atoms with E-state index in [1.54, 1.807) is 17.1 Å². The lowest BCUT2D eigenvalue weighted by Crippen LogP contribution is -2.31. The molecule has 0 spiro atoms. The number of aromatic nitrogens is 6. The second-order valence-electron chi connectivity index (χ2n) is 9.40. The number of nitrogens with zero attached hydrogens (tertiary/aromatic N) is 5. The number of aromatic amines is 1. The summed E-state index contributed by atoms with van der Waals surface area (Å²) in [6.07, 6.45) is 7.33. The van der Waals surface area contributed by atoms with Gasteiger partial charge in [-0.05, 0) is 74.6 Å². The van der Waals surface area contributed by atoms with Crippen LogP contribution in [-0.2, 0) is 23.4 Å². The van der Waals surface area contributed by atoms with Crippen LogP contribution in [0.4, 0.5) is 0 Å². The van der Waals surface area contributed by atoms with Crippen molar-refractivity contribution in [2.24, 2.45) is 5.92 Å². The molecule has 4 aromatic heterocycles. The number of rotatable bonds is 7. The number of pyridine rings is 2. The molecule has 0 unspecified atom stereocenters. The Morgan fingerprint density at radius 2 is 2.14 bits per heavy atom. The molecule has 4 aromatic rings. The summed E-state index contributed by atoms with van der Waals surface area (Å²) in [5.41, 5.74) is 4.23. The Morgan fingerprint density at radius 3 is 2.86 bits per heavy atom. The number of nitrogens with one attached hydrogen (secondary N) is 2. The Labute approximate surface area is 203 Å². The summed E-state index contributed by atoms with van der Waals surface area (Å²) >= 11 is 0. The molecule has 5 rings (SSSR count). The Balaban J connectivity index is 1.21. The van der Waals surface area contributed by atoms with Crippen LogP contribution < -0.4 is 5.32 Å². The maximum absolute atomic E-state index is 12.9. The van der Waals surface area contributed by atoms with Gasteiger partial charge in [-0.3, -0.25) is 14.9 Å². The second-order valence-corrected chi connectivity index (χ2v) is 9.40. The molecule has 3 N–H and O–H groups in total. The number of carbonyl (C=O) groups excluding carboxylic acids is 1. The lowest BCUT2D eigenvalue weighted by atomic mass is 9.93. The molecule has 1 aliphatic carbocycles. The van der Waals surface area contributed by atoms with Gasteiger partial charge in [-0.1, -0.05) is 6.07 Å². The molecular weight excluding hydrogens is 442 g/mol. The number of hydrogen-bond donors (Lipinski definition) is 3. The Morgan fingerprint density at radius 1 is 1.26 bits per heavy atom. The number of aliphatic hydroxyl groups is 1. The van der Waals surface area contributed by atoms with Crippen molar-refractivity contribution >= 4 is 5.91 Å². The fraction of sp³-hybridized carbons (Fsp3) is 0.346. The van der Waals surface area contributed by atoms with E-state index in [0.29, 0.717) is 37.9 Å². The predicted octanol–water partition coefficient (Wildman–Crippen LogP) is 2.90. The van der Waals surface area contributed by atoms with E-state index in [9.17, 15) is 9.90 Å². The summed E-state index contributed by atoms with van der Waals surface area (Å²) in [5.74, 6) is 0.395. The van der Waals surface area contributed by atoms with Crippen LogP contribution in [0.3, 0.4) is 0 Å². The minimum Gasteiger partial charge on any atom is -0.384 e. The fourth-order valence-electron chi connectivity index (χ4n) is 4.69. The van der Waals surface area contributed by atoms with E-state index in [2.05, 4.69) is 25.6 Å². The normalized spacial score (nSPS) is 19.7. The molecule has 0 radical (unpaired) electrons. The molecule has 0 aromatic carbocycles. The molecule has 4 heterocycles. The molecule has 1 fully saturated rings. The summed E-state index contributed by atoms with van der Waals surface area (Å²) in [4.78, 5) is 22.0. The Bertz CT molecular complexity index is 1310. The third-order valence-electron chi connectivity index (χ3n) is 6.50. The molecule has 1 saturated carbocycles. The number of H-pyrrole nitrogens is 1. The Hall–Kier alpha value is -3.85. The van der Waals surface area contributed by atoms with Crippen LogP contribution in [0.25, 0.3) is 5.82 Å². The molecule has 180 valence electrons. The van der Waals surface area contributed by atoms with E-state index in [1.165, 1.54) is 0 Å². The highest BCUT2D eigenvalue weighted by atomic mass is 16.3. The fourth-order valence-corrected chi connectivity index (χ4v) is 4.69. The molecular formula is C26H29N7O2. The van der Waals surface area contributed by atoms with Crippen LogP contribution in [0.5, 0.6) is 0 Å². The lowest BCUT2D eigenvalue weighted by molar-refractivity contribution is -0.125. The van der Waals surface area contributed by atoms with Gasteiger partial charge in [0.25, 0.3) is 0 Å². The van der Waals surface area contributed by atoms with Crippen molar-refractivity contribution in [2.75, 3.05) is 0 Å². The van der Waals surface area contributed by atoms with Gasteiger partial charge >= 0.3 is 0 Å². The van der Waals surface area contributed by atoms with Gasteiger partial charge in [0.1, 0.15) is 5.60 Å². The molecule has 2 atom stereocenters. The van der Waals surface area contributed by atoms with Crippen LogP contribution in [-0.4, -0.2) is 41.0 Å². The molecule has 0 bridgehead atoms. The predicted molar refractivity (Wildman–Crippen MR) is 130 cm³/mol. The van der Waals surface area contributed by atoms with Gasteiger partial charge in [-0.25, -0.2) is 9.67 Å². The van der Waals surface area contributed by atoms with Gasteiger partial charge in [0, 0.05) is 48.9 Å². The third kappa shape index (κ3) is 5.14. The van der Waals surface area contributed by atoms with Crippen molar-refractivity contribution in [2.45, 2.75) is 51.7 Å². The highest BCUT2D eigenvalue weighted by Gasteiger charge is 2.42. The lowest BCUT2D eigenvalue weighted by Gasteiger charge is -2.23. The van der Waals surface area contributed by atoms with Crippen molar-refractivity contribution in [3.05, 3.63) is 88.9 Å². The summed E-state index contributed by atoms with van der Waals surface area (Å²) < 4.78 is 1.68. The van der Waals surface area contributed by atoms with Crippen LogP contribution in [0, 0.1) is 19.8 Å². The van der Waals surface area contributed by atoms with E-state index >= 15 is 0 Å². The number of hydrogen-bond acceptors (Lipinski definition) is 6. The van der Waals surface area contributed by atoms with E-state index in [4.69, 9.17) is 4.98 Å². The number of amides is 1.